The normalized spacial score (nSPS) is 15.9. The quantitative estimate of drug-likeness (QED) is 0.763. The zero-order valence-corrected chi connectivity index (χ0v) is 11.6. The lowest BCUT2D eigenvalue weighted by Crippen LogP contribution is -2.31. The highest BCUT2D eigenvalue weighted by Gasteiger charge is 2.29. The molecule has 3 N–H and O–H groups in total. The second-order valence-corrected chi connectivity index (χ2v) is 5.37. The molecule has 0 heterocycles. The number of urea groups is 1. The van der Waals surface area contributed by atoms with Gasteiger partial charge in [-0.15, -0.1) is 0 Å². The predicted octanol–water partition coefficient (Wildman–Crippen LogP) is 2.59. The average molecular weight is 262 g/mol. The summed E-state index contributed by atoms with van der Waals surface area (Å²) in [7, 11) is 0. The van der Waals surface area contributed by atoms with E-state index < -0.39 is 0 Å². The van der Waals surface area contributed by atoms with Crippen LogP contribution in [0.15, 0.2) is 18.2 Å². The number of carbonyl (C=O) groups excluding carboxylic acids is 1. The molecule has 0 spiro atoms. The highest BCUT2D eigenvalue weighted by Crippen LogP contribution is 2.33. The standard InChI is InChI=1S/C15H22N2O2/c1-10-3-6-13(9-11(10)2)17-15(19)16-8-7-14(18)12-4-5-12/h3,6,9,12,14,18H,4-5,7-8H2,1-2H3,(H2,16,17,19)/t14-/m1/s1. The van der Waals surface area contributed by atoms with Crippen molar-refractivity contribution < 1.29 is 9.90 Å². The van der Waals surface area contributed by atoms with Gasteiger partial charge in [0.05, 0.1) is 6.10 Å². The van der Waals surface area contributed by atoms with Crippen molar-refractivity contribution in [2.45, 2.75) is 39.2 Å². The molecule has 1 aromatic carbocycles. The third kappa shape index (κ3) is 4.24. The highest BCUT2D eigenvalue weighted by atomic mass is 16.3. The molecule has 4 heteroatoms. The number of hydrogen-bond acceptors (Lipinski definition) is 2. The molecule has 19 heavy (non-hydrogen) atoms. The van der Waals surface area contributed by atoms with Gasteiger partial charge >= 0.3 is 6.03 Å². The van der Waals surface area contributed by atoms with Crippen LogP contribution in [0.5, 0.6) is 0 Å². The minimum atomic E-state index is -0.262. The SMILES string of the molecule is Cc1ccc(NC(=O)NCC[C@@H](O)C2CC2)cc1C. The lowest BCUT2D eigenvalue weighted by Gasteiger charge is -2.11. The first-order valence-electron chi connectivity index (χ1n) is 6.86. The number of hydrogen-bond donors (Lipinski definition) is 3. The van der Waals surface area contributed by atoms with Crippen molar-refractivity contribution >= 4 is 11.7 Å². The summed E-state index contributed by atoms with van der Waals surface area (Å²) in [5, 5.41) is 15.3. The maximum absolute atomic E-state index is 11.7. The van der Waals surface area contributed by atoms with Crippen molar-refractivity contribution in [2.24, 2.45) is 5.92 Å². The minimum absolute atomic E-state index is 0.216. The van der Waals surface area contributed by atoms with Crippen molar-refractivity contribution in [1.82, 2.24) is 5.32 Å². The molecule has 0 saturated heterocycles. The number of nitrogens with one attached hydrogen (secondary N) is 2. The van der Waals surface area contributed by atoms with Gasteiger partial charge in [-0.25, -0.2) is 4.79 Å². The molecule has 0 bridgehead atoms. The lowest BCUT2D eigenvalue weighted by molar-refractivity contribution is 0.142. The summed E-state index contributed by atoms with van der Waals surface area (Å²) in [6.45, 7) is 4.57. The second kappa shape index (κ2) is 6.06. The Labute approximate surface area is 114 Å². The van der Waals surface area contributed by atoms with E-state index in [4.69, 9.17) is 0 Å². The van der Waals surface area contributed by atoms with Crippen LogP contribution in [0.2, 0.25) is 0 Å². The summed E-state index contributed by atoms with van der Waals surface area (Å²) < 4.78 is 0. The molecular formula is C15H22N2O2. The smallest absolute Gasteiger partial charge is 0.319 e. The van der Waals surface area contributed by atoms with E-state index in [1.807, 2.05) is 32.0 Å². The van der Waals surface area contributed by atoms with E-state index in [0.29, 0.717) is 18.9 Å². The van der Waals surface area contributed by atoms with Crippen molar-refractivity contribution in [2.75, 3.05) is 11.9 Å². The van der Waals surface area contributed by atoms with Gasteiger partial charge in [0, 0.05) is 12.2 Å². The number of amides is 2. The monoisotopic (exact) mass is 262 g/mol. The van der Waals surface area contributed by atoms with Crippen LogP contribution in [0.1, 0.15) is 30.4 Å². The molecule has 2 rings (SSSR count). The van der Waals surface area contributed by atoms with E-state index >= 15 is 0 Å². The topological polar surface area (TPSA) is 61.4 Å². The Balaban J connectivity index is 1.72. The molecule has 4 nitrogen and oxygen atoms in total. The fourth-order valence-corrected chi connectivity index (χ4v) is 2.04. The molecule has 1 fully saturated rings. The van der Waals surface area contributed by atoms with Gasteiger partial charge in [-0.05, 0) is 62.3 Å². The van der Waals surface area contributed by atoms with Crippen LogP contribution in [-0.4, -0.2) is 23.8 Å². The first kappa shape index (κ1) is 13.9. The summed E-state index contributed by atoms with van der Waals surface area (Å²) in [6, 6.07) is 5.61. The number of benzene rings is 1. The Bertz CT molecular complexity index is 455. The third-order valence-electron chi connectivity index (χ3n) is 3.66. The van der Waals surface area contributed by atoms with Crippen LogP contribution in [0.25, 0.3) is 0 Å². The molecule has 0 radical (unpaired) electrons. The first-order valence-corrected chi connectivity index (χ1v) is 6.86. The molecule has 1 atom stereocenters. The molecule has 0 unspecified atom stereocenters. The number of rotatable bonds is 5. The van der Waals surface area contributed by atoms with Crippen molar-refractivity contribution in [3.8, 4) is 0 Å². The third-order valence-corrected chi connectivity index (χ3v) is 3.66. The van der Waals surface area contributed by atoms with Crippen LogP contribution in [0.3, 0.4) is 0 Å². The number of anilines is 1. The summed E-state index contributed by atoms with van der Waals surface area (Å²) in [5.74, 6) is 0.463. The van der Waals surface area contributed by atoms with Gasteiger partial charge in [0.1, 0.15) is 0 Å². The number of aryl methyl sites for hydroxylation is 2. The largest absolute Gasteiger partial charge is 0.393 e. The van der Waals surface area contributed by atoms with Gasteiger partial charge in [-0.3, -0.25) is 0 Å². The lowest BCUT2D eigenvalue weighted by atomic mass is 10.1. The Hall–Kier alpha value is -1.55. The minimum Gasteiger partial charge on any atom is -0.393 e. The van der Waals surface area contributed by atoms with E-state index in [1.54, 1.807) is 0 Å². The molecule has 1 aliphatic carbocycles. The van der Waals surface area contributed by atoms with Crippen LogP contribution >= 0.6 is 0 Å². The van der Waals surface area contributed by atoms with Gasteiger partial charge < -0.3 is 15.7 Å². The Morgan fingerprint density at radius 1 is 1.37 bits per heavy atom. The summed E-state index contributed by atoms with van der Waals surface area (Å²) >= 11 is 0. The Morgan fingerprint density at radius 2 is 2.11 bits per heavy atom. The highest BCUT2D eigenvalue weighted by molar-refractivity contribution is 5.89. The molecule has 104 valence electrons. The number of carbonyl (C=O) groups is 1. The van der Waals surface area contributed by atoms with Gasteiger partial charge in [0.25, 0.3) is 0 Å². The van der Waals surface area contributed by atoms with Crippen LogP contribution < -0.4 is 10.6 Å². The van der Waals surface area contributed by atoms with E-state index in [2.05, 4.69) is 10.6 Å². The van der Waals surface area contributed by atoms with Crippen molar-refractivity contribution in [1.29, 1.82) is 0 Å². The molecule has 0 aromatic heterocycles. The Morgan fingerprint density at radius 3 is 2.74 bits per heavy atom. The van der Waals surface area contributed by atoms with Crippen molar-refractivity contribution in [3.63, 3.8) is 0 Å². The van der Waals surface area contributed by atoms with Crippen molar-refractivity contribution in [3.05, 3.63) is 29.3 Å². The van der Waals surface area contributed by atoms with E-state index in [1.165, 1.54) is 5.56 Å². The Kier molecular flexibility index (Phi) is 4.43. The second-order valence-electron chi connectivity index (χ2n) is 5.37. The summed E-state index contributed by atoms with van der Waals surface area (Å²) in [5.41, 5.74) is 3.16. The summed E-state index contributed by atoms with van der Waals surface area (Å²) in [6.07, 6.45) is 2.61. The van der Waals surface area contributed by atoms with E-state index in [-0.39, 0.29) is 12.1 Å². The fraction of sp³-hybridized carbons (Fsp3) is 0.533. The molecule has 1 aliphatic rings. The molecule has 2 amide bonds. The van der Waals surface area contributed by atoms with Crippen LogP contribution in [-0.2, 0) is 0 Å². The number of aliphatic hydroxyl groups excluding tert-OH is 1. The maximum Gasteiger partial charge on any atom is 0.319 e. The molecule has 0 aliphatic heterocycles. The van der Waals surface area contributed by atoms with E-state index in [9.17, 15) is 9.90 Å². The van der Waals surface area contributed by atoms with Gasteiger partial charge in [-0.1, -0.05) is 6.07 Å². The maximum atomic E-state index is 11.7. The molecule has 1 saturated carbocycles. The predicted molar refractivity (Wildman–Crippen MR) is 76.3 cm³/mol. The zero-order valence-electron chi connectivity index (χ0n) is 11.6. The van der Waals surface area contributed by atoms with Gasteiger partial charge in [0.2, 0.25) is 0 Å². The molecule has 1 aromatic rings. The molecular weight excluding hydrogens is 240 g/mol. The number of aliphatic hydroxyl groups is 1. The zero-order chi connectivity index (χ0) is 13.8. The fourth-order valence-electron chi connectivity index (χ4n) is 2.04. The summed E-state index contributed by atoms with van der Waals surface area (Å²) in [4.78, 5) is 11.7. The van der Waals surface area contributed by atoms with E-state index in [0.717, 1.165) is 24.1 Å². The van der Waals surface area contributed by atoms with Gasteiger partial charge in [0.15, 0.2) is 0 Å². The average Bonchev–Trinajstić information content (AvgIpc) is 3.18. The van der Waals surface area contributed by atoms with Gasteiger partial charge in [-0.2, -0.15) is 0 Å². The first-order chi connectivity index (χ1) is 9.06. The van der Waals surface area contributed by atoms with Crippen LogP contribution in [0, 0.1) is 19.8 Å². The van der Waals surface area contributed by atoms with Crippen LogP contribution in [0.4, 0.5) is 10.5 Å².